The first-order valence-corrected chi connectivity index (χ1v) is 71.3. The first-order chi connectivity index (χ1) is 26.3. The van der Waals surface area contributed by atoms with Gasteiger partial charge in [-0.25, -0.2) is 0 Å². The molecule has 1 fully saturated rings. The van der Waals surface area contributed by atoms with Crippen molar-refractivity contribution in [3.05, 3.63) is 23.8 Å². The van der Waals surface area contributed by atoms with E-state index >= 15 is 4.79 Å². The Morgan fingerprint density at radius 1 is 0.772 bits per heavy atom. The van der Waals surface area contributed by atoms with Crippen molar-refractivity contribution in [3.8, 4) is 0 Å². The van der Waals surface area contributed by atoms with Crippen LogP contribution in [0.25, 0.3) is 0 Å². The molecule has 0 aromatic heterocycles. The first-order valence-electron chi connectivity index (χ1n) is 16.4. The lowest BCUT2D eigenvalue weighted by atomic mass is 9.55. The van der Waals surface area contributed by atoms with E-state index in [1.165, 1.54) is 11.1 Å². The molecule has 0 N–H and O–H groups in total. The smallest absolute Gasteiger partial charge is 0.170 e. The quantitative estimate of drug-likeness (QED) is 0.0754. The Bertz CT molecular complexity index is 1290. The van der Waals surface area contributed by atoms with E-state index in [1.54, 1.807) is 0 Å². The monoisotopic (exact) mass is 1380 g/mol. The maximum Gasteiger partial charge on any atom is 0.170 e. The number of ketones is 1. The van der Waals surface area contributed by atoms with Gasteiger partial charge < -0.3 is 18.1 Å². The van der Waals surface area contributed by atoms with E-state index in [4.69, 9.17) is 18.1 Å². The predicted octanol–water partition coefficient (Wildman–Crippen LogP) is 21.6. The lowest BCUT2D eigenvalue weighted by Gasteiger charge is -2.55. The van der Waals surface area contributed by atoms with Crippen LogP contribution in [0.2, 0.25) is 0 Å². The molecule has 0 aromatic carbocycles. The lowest BCUT2D eigenvalue weighted by molar-refractivity contribution is -0.150. The highest BCUT2D eigenvalue weighted by molar-refractivity contribution is 9.19. The Hall–Kier alpha value is 12.7. The summed E-state index contributed by atoms with van der Waals surface area (Å²) in [4.78, 5) is 15.9. The van der Waals surface area contributed by atoms with Gasteiger partial charge >= 0.3 is 0 Å². The van der Waals surface area contributed by atoms with Gasteiger partial charge in [-0.05, 0) is 105 Å². The predicted molar refractivity (Wildman–Crippen MR) is 363 cm³/mol. The third-order valence-electron chi connectivity index (χ3n) is 9.39. The zero-order valence-electron chi connectivity index (χ0n) is 32.2. The summed E-state index contributed by atoms with van der Waals surface area (Å²) in [7, 11) is 51.0. The van der Waals surface area contributed by atoms with E-state index in [0.717, 1.165) is 27.2 Å². The second-order valence-corrected chi connectivity index (χ2v) is 121. The van der Waals surface area contributed by atoms with Crippen LogP contribution in [0.5, 0.6) is 0 Å². The fourth-order valence-electron chi connectivity index (χ4n) is 6.85. The minimum absolute atomic E-state index is 0.0982. The minimum atomic E-state index is -0.865. The summed E-state index contributed by atoms with van der Waals surface area (Å²) in [5, 5.41) is 0. The summed E-state index contributed by atoms with van der Waals surface area (Å²) < 4.78 is 29.6. The van der Waals surface area contributed by atoms with Crippen LogP contribution < -0.4 is 0 Å². The summed E-state index contributed by atoms with van der Waals surface area (Å²) in [6.45, 7) is 9.09. The van der Waals surface area contributed by atoms with E-state index in [0.29, 0.717) is 6.42 Å². The van der Waals surface area contributed by atoms with Gasteiger partial charge in [0.1, 0.15) is 6.10 Å². The fraction of sp³-hybridized carbons (Fsp3) is 0.750. The van der Waals surface area contributed by atoms with Crippen molar-refractivity contribution < 1.29 is 22.9 Å². The molecule has 2 aliphatic carbocycles. The molecule has 0 radical (unpaired) electrons. The van der Waals surface area contributed by atoms with Gasteiger partial charge in [0, 0.05) is 35.4 Å². The van der Waals surface area contributed by atoms with Crippen LogP contribution in [0.15, 0.2) is 23.8 Å². The Labute approximate surface area is 403 Å². The van der Waals surface area contributed by atoms with E-state index in [2.05, 4.69) is 186 Å². The van der Waals surface area contributed by atoms with Gasteiger partial charge in [-0.15, -0.1) is 141 Å². The lowest BCUT2D eigenvalue weighted by Crippen LogP contribution is -2.58. The van der Waals surface area contributed by atoms with Crippen molar-refractivity contribution in [2.75, 3.05) is 0 Å². The molecular weight excluding hydrogens is 1310 g/mol. The largest absolute Gasteiger partial charge is 0.347 e. The highest BCUT2D eigenvalue weighted by Crippen LogP contribution is 3.18. The summed E-state index contributed by atoms with van der Waals surface area (Å²) >= 11 is 0. The first kappa shape index (κ1) is 65.9. The van der Waals surface area contributed by atoms with Gasteiger partial charge in [0.05, 0.1) is 46.3 Å². The average molecular weight is 1380 g/mol. The zero-order valence-corrected chi connectivity index (χ0v) is 65.4. The van der Waals surface area contributed by atoms with Gasteiger partial charge in [-0.1, -0.05) is 45.7 Å². The number of hydrogen-bond donors (Lipinski definition) is 0. The SMILES string of the molecule is C=CCCC(OP(P(P)P)P(P)P)C1(C)CC(OP(P(P)P)P(PP)P(P)P)C2=C(C)C(OP(P(P)P(P)P)P(P(P)P)P(P)P)CC(C(OPP)C1=O)C2(C)C. The Kier molecular flexibility index (Phi) is 37.4. The van der Waals surface area contributed by atoms with Crippen LogP contribution in [0, 0.1) is 16.7 Å². The third-order valence-corrected chi connectivity index (χ3v) is 151. The second-order valence-electron chi connectivity index (χ2n) is 13.4. The van der Waals surface area contributed by atoms with Crippen LogP contribution >= 0.6 is 261 Å². The molecule has 334 valence electrons. The normalized spacial score (nSPS) is 27.8. The summed E-state index contributed by atoms with van der Waals surface area (Å²) in [5.41, 5.74) is 1.40. The molecule has 0 aliphatic heterocycles. The Morgan fingerprint density at radius 3 is 1.72 bits per heavy atom. The molecule has 0 aromatic rings. The van der Waals surface area contributed by atoms with E-state index in [1.807, 2.05) is 6.08 Å². The van der Waals surface area contributed by atoms with Crippen molar-refractivity contribution in [1.29, 1.82) is 0 Å². The maximum atomic E-state index is 15.9. The molecule has 5 nitrogen and oxygen atoms in total. The van der Waals surface area contributed by atoms with Crippen molar-refractivity contribution in [3.63, 3.8) is 0 Å². The van der Waals surface area contributed by atoms with Gasteiger partial charge in [-0.2, -0.15) is 0 Å². The highest BCUT2D eigenvalue weighted by atomic mass is 33.2. The van der Waals surface area contributed by atoms with Gasteiger partial charge in [0.25, 0.3) is 0 Å². The molecule has 2 rings (SSSR count). The minimum Gasteiger partial charge on any atom is -0.347 e. The second kappa shape index (κ2) is 32.4. The van der Waals surface area contributed by atoms with Gasteiger partial charge in [0.2, 0.25) is 0 Å². The molecule has 2 bridgehead atoms. The number of fused-ring (bicyclic) bond motifs is 2. The molecule has 0 heterocycles. The summed E-state index contributed by atoms with van der Waals surface area (Å²) in [5.74, 6) is 0.0557. The molecule has 2 aliphatic rings. The van der Waals surface area contributed by atoms with Crippen LogP contribution in [0.4, 0.5) is 0 Å². The van der Waals surface area contributed by atoms with Crippen LogP contribution in [0.1, 0.15) is 53.4 Å². The highest BCUT2D eigenvalue weighted by Gasteiger charge is 2.59. The molecule has 29 unspecified atom stereocenters. The third kappa shape index (κ3) is 19.1. The van der Waals surface area contributed by atoms with Crippen molar-refractivity contribution in [2.24, 2.45) is 16.7 Å². The molecule has 57 heavy (non-hydrogen) atoms. The molecule has 37 heteroatoms. The molecule has 0 spiro atoms. The van der Waals surface area contributed by atoms with Crippen LogP contribution in [0.3, 0.4) is 0 Å². The standard InChI is InChI=1S/C20H64O5P32/c1-6-7-8-15(25-45(48(28)29)49(30)31)20(5)10-14(24-46(50(32)33)56(44-27)52(36)37)16-11(2)13(9-12(19(16,3)4)17(18(20)21)22-43-26)23-47(55(42)51(34)35)57(53(38)39)54(40)41/h6,12-15,17,43-44H,1,7-10,26-42H2,2-5H3. The van der Waals surface area contributed by atoms with Gasteiger partial charge in [0.15, 0.2) is 5.78 Å². The van der Waals surface area contributed by atoms with Crippen LogP contribution in [-0.2, 0) is 22.9 Å². The number of Topliss-reactive ketones (excluding diaryl/α,β-unsaturated/α-hetero) is 1. The van der Waals surface area contributed by atoms with Crippen molar-refractivity contribution in [1.82, 2.24) is 0 Å². The molecule has 0 saturated heterocycles. The number of rotatable bonds is 23. The number of allylic oxidation sites excluding steroid dienone is 1. The van der Waals surface area contributed by atoms with Crippen LogP contribution in [-0.4, -0.2) is 30.2 Å². The topological polar surface area (TPSA) is 54.0 Å². The van der Waals surface area contributed by atoms with Crippen molar-refractivity contribution in [2.45, 2.75) is 77.8 Å². The maximum absolute atomic E-state index is 15.9. The molecule has 29 atom stereocenters. The van der Waals surface area contributed by atoms with E-state index in [-0.39, 0.29) is 71.9 Å². The zero-order chi connectivity index (χ0) is 43.9. The fourth-order valence-corrected chi connectivity index (χ4v) is 203. The number of hydrogen-bond acceptors (Lipinski definition) is 5. The molecular formula is C20H64O5P32. The molecule has 0 amide bonds. The molecule has 1 saturated carbocycles. The number of carbonyl (C=O) groups is 1. The average Bonchev–Trinajstić information content (AvgIpc) is 3.09. The van der Waals surface area contributed by atoms with Gasteiger partial charge in [-0.3, -0.25) is 4.79 Å². The summed E-state index contributed by atoms with van der Waals surface area (Å²) in [6.07, 6.45) is 3.42. The Balaban J connectivity index is 3.12. The number of carbonyl (C=O) groups excluding carboxylic acids is 1. The Morgan fingerprint density at radius 2 is 1.30 bits per heavy atom. The summed E-state index contributed by atoms with van der Waals surface area (Å²) in [6, 6.07) is 0. The van der Waals surface area contributed by atoms with Crippen molar-refractivity contribution >= 4 is 266 Å². The van der Waals surface area contributed by atoms with E-state index in [9.17, 15) is 0 Å². The van der Waals surface area contributed by atoms with E-state index < -0.39 is 76.0 Å².